The van der Waals surface area contributed by atoms with Crippen molar-refractivity contribution in [3.05, 3.63) is 65.2 Å². The Bertz CT molecular complexity index is 1100. The Labute approximate surface area is 189 Å². The number of carbonyl (C=O) groups excluding carboxylic acids is 1. The summed E-state index contributed by atoms with van der Waals surface area (Å²) in [4.78, 5) is 19.4. The van der Waals surface area contributed by atoms with Crippen molar-refractivity contribution in [2.45, 2.75) is 19.3 Å². The topological polar surface area (TPSA) is 76.6 Å². The number of benzene rings is 2. The summed E-state index contributed by atoms with van der Waals surface area (Å²) in [6, 6.07) is 11.7. The molecule has 0 aliphatic carbocycles. The van der Waals surface area contributed by atoms with Crippen molar-refractivity contribution in [2.24, 2.45) is 5.92 Å². The minimum atomic E-state index is -0.240. The molecule has 7 nitrogen and oxygen atoms in total. The van der Waals surface area contributed by atoms with Crippen LogP contribution in [-0.2, 0) is 6.42 Å². The molecule has 166 valence electrons. The minimum absolute atomic E-state index is 0.0970. The highest BCUT2D eigenvalue weighted by Gasteiger charge is 2.23. The SMILES string of the molecule is O=C(NCC1CCN(c2nc(Cc3ccc(F)cc3)ns2)CC1)c1ccc2c(c1)OCO2. The maximum absolute atomic E-state index is 13.1. The van der Waals surface area contributed by atoms with Crippen molar-refractivity contribution in [3.63, 3.8) is 0 Å². The first-order valence-electron chi connectivity index (χ1n) is 10.6. The number of hydrogen-bond acceptors (Lipinski definition) is 7. The number of nitrogens with zero attached hydrogens (tertiary/aromatic N) is 3. The number of halogens is 1. The first-order valence-corrected chi connectivity index (χ1v) is 11.4. The number of ether oxygens (including phenoxy) is 2. The van der Waals surface area contributed by atoms with Crippen LogP contribution in [0.15, 0.2) is 42.5 Å². The van der Waals surface area contributed by atoms with Crippen LogP contribution in [0.1, 0.15) is 34.6 Å². The van der Waals surface area contributed by atoms with E-state index in [1.807, 2.05) is 0 Å². The summed E-state index contributed by atoms with van der Waals surface area (Å²) in [5.41, 5.74) is 1.57. The van der Waals surface area contributed by atoms with Crippen LogP contribution in [0.5, 0.6) is 11.5 Å². The quantitative estimate of drug-likeness (QED) is 0.613. The molecule has 2 aliphatic heterocycles. The van der Waals surface area contributed by atoms with Crippen molar-refractivity contribution in [3.8, 4) is 11.5 Å². The summed E-state index contributed by atoms with van der Waals surface area (Å²) in [6.07, 6.45) is 2.56. The third kappa shape index (κ3) is 4.67. The fourth-order valence-electron chi connectivity index (χ4n) is 3.94. The number of rotatable bonds is 6. The molecule has 0 spiro atoms. The van der Waals surface area contributed by atoms with E-state index < -0.39 is 0 Å². The molecule has 9 heteroatoms. The molecule has 1 saturated heterocycles. The summed E-state index contributed by atoms with van der Waals surface area (Å²) in [5, 5.41) is 3.97. The number of anilines is 1. The molecular weight excluding hydrogens is 431 g/mol. The number of piperidine rings is 1. The third-order valence-corrected chi connectivity index (χ3v) is 6.62. The second-order valence-corrected chi connectivity index (χ2v) is 8.74. The Kier molecular flexibility index (Phi) is 5.89. The molecule has 2 aliphatic rings. The number of amides is 1. The van der Waals surface area contributed by atoms with Gasteiger partial charge in [-0.1, -0.05) is 12.1 Å². The fourth-order valence-corrected chi connectivity index (χ4v) is 4.67. The Hall–Kier alpha value is -3.20. The van der Waals surface area contributed by atoms with Crippen LogP contribution in [0.25, 0.3) is 0 Å². The zero-order valence-corrected chi connectivity index (χ0v) is 18.2. The van der Waals surface area contributed by atoms with Gasteiger partial charge in [-0.15, -0.1) is 0 Å². The highest BCUT2D eigenvalue weighted by atomic mass is 32.1. The van der Waals surface area contributed by atoms with Crippen molar-refractivity contribution < 1.29 is 18.7 Å². The van der Waals surface area contributed by atoms with Crippen LogP contribution in [0.2, 0.25) is 0 Å². The third-order valence-electron chi connectivity index (χ3n) is 5.80. The molecule has 0 radical (unpaired) electrons. The van der Waals surface area contributed by atoms with Gasteiger partial charge in [0.2, 0.25) is 11.9 Å². The van der Waals surface area contributed by atoms with Crippen LogP contribution in [0.3, 0.4) is 0 Å². The van der Waals surface area contributed by atoms with E-state index in [4.69, 9.17) is 9.47 Å². The van der Waals surface area contributed by atoms with Crippen molar-refractivity contribution in [2.75, 3.05) is 31.3 Å². The van der Waals surface area contributed by atoms with E-state index in [1.165, 1.54) is 23.7 Å². The van der Waals surface area contributed by atoms with Gasteiger partial charge >= 0.3 is 0 Å². The predicted molar refractivity (Wildman–Crippen MR) is 119 cm³/mol. The lowest BCUT2D eigenvalue weighted by Gasteiger charge is -2.31. The van der Waals surface area contributed by atoms with Crippen molar-refractivity contribution >= 4 is 22.6 Å². The second kappa shape index (κ2) is 9.12. The lowest BCUT2D eigenvalue weighted by Crippen LogP contribution is -2.38. The summed E-state index contributed by atoms with van der Waals surface area (Å²) >= 11 is 1.40. The van der Waals surface area contributed by atoms with E-state index in [9.17, 15) is 9.18 Å². The molecule has 1 amide bonds. The summed E-state index contributed by atoms with van der Waals surface area (Å²) in [7, 11) is 0. The number of carbonyl (C=O) groups is 1. The van der Waals surface area contributed by atoms with Crippen LogP contribution < -0.4 is 19.7 Å². The zero-order valence-electron chi connectivity index (χ0n) is 17.4. The molecule has 1 fully saturated rings. The number of fused-ring (bicyclic) bond motifs is 1. The van der Waals surface area contributed by atoms with E-state index in [1.54, 1.807) is 30.3 Å². The van der Waals surface area contributed by atoms with Crippen LogP contribution in [-0.4, -0.2) is 41.7 Å². The maximum Gasteiger partial charge on any atom is 0.251 e. The van der Waals surface area contributed by atoms with Gasteiger partial charge in [0.25, 0.3) is 5.91 Å². The van der Waals surface area contributed by atoms with Crippen molar-refractivity contribution in [1.82, 2.24) is 14.7 Å². The molecule has 5 rings (SSSR count). The first kappa shape index (κ1) is 20.7. The predicted octanol–water partition coefficient (Wildman–Crippen LogP) is 3.64. The van der Waals surface area contributed by atoms with Crippen LogP contribution in [0, 0.1) is 11.7 Å². The van der Waals surface area contributed by atoms with Crippen LogP contribution in [0.4, 0.5) is 9.52 Å². The Morgan fingerprint density at radius 1 is 1.12 bits per heavy atom. The van der Waals surface area contributed by atoms with Gasteiger partial charge in [0.15, 0.2) is 11.5 Å². The fraction of sp³-hybridized carbons (Fsp3) is 0.348. The Balaban J connectivity index is 1.09. The van der Waals surface area contributed by atoms with E-state index in [2.05, 4.69) is 19.6 Å². The highest BCUT2D eigenvalue weighted by molar-refractivity contribution is 7.09. The van der Waals surface area contributed by atoms with Gasteiger partial charge in [0, 0.05) is 43.2 Å². The average Bonchev–Trinajstić information content (AvgIpc) is 3.48. The minimum Gasteiger partial charge on any atom is -0.454 e. The number of nitrogens with one attached hydrogen (secondary N) is 1. The van der Waals surface area contributed by atoms with Crippen LogP contribution >= 0.6 is 11.5 Å². The van der Waals surface area contributed by atoms with Gasteiger partial charge in [-0.3, -0.25) is 4.79 Å². The molecule has 2 aromatic carbocycles. The largest absolute Gasteiger partial charge is 0.454 e. The number of hydrogen-bond donors (Lipinski definition) is 1. The molecular formula is C23H23FN4O3S. The zero-order chi connectivity index (χ0) is 21.9. The van der Waals surface area contributed by atoms with E-state index >= 15 is 0 Å². The molecule has 1 N–H and O–H groups in total. The molecule has 0 unspecified atom stereocenters. The van der Waals surface area contributed by atoms with E-state index in [0.29, 0.717) is 35.9 Å². The van der Waals surface area contributed by atoms with Gasteiger partial charge in [0.05, 0.1) is 0 Å². The molecule has 1 aromatic heterocycles. The maximum atomic E-state index is 13.1. The first-order chi connectivity index (χ1) is 15.6. The van der Waals surface area contributed by atoms with Gasteiger partial charge in [0.1, 0.15) is 11.6 Å². The Morgan fingerprint density at radius 2 is 1.91 bits per heavy atom. The molecule has 0 bridgehead atoms. The summed E-state index contributed by atoms with van der Waals surface area (Å²) in [6.45, 7) is 2.61. The Morgan fingerprint density at radius 3 is 2.72 bits per heavy atom. The highest BCUT2D eigenvalue weighted by Crippen LogP contribution is 2.32. The molecule has 3 aromatic rings. The summed E-state index contributed by atoms with van der Waals surface area (Å²) in [5.74, 6) is 2.13. The normalized spacial score (nSPS) is 15.7. The molecule has 0 atom stereocenters. The molecule has 32 heavy (non-hydrogen) atoms. The van der Waals surface area contributed by atoms with Gasteiger partial charge in [-0.25, -0.2) is 9.37 Å². The lowest BCUT2D eigenvalue weighted by molar-refractivity contribution is 0.0944. The lowest BCUT2D eigenvalue weighted by atomic mass is 9.97. The second-order valence-electron chi connectivity index (χ2n) is 8.00. The van der Waals surface area contributed by atoms with Gasteiger partial charge < -0.3 is 19.7 Å². The standard InChI is InChI=1S/C23H23FN4O3S/c24-18-4-1-15(2-5-18)11-21-26-23(32-27-21)28-9-7-16(8-10-28)13-25-22(29)17-3-6-19-20(12-17)31-14-30-19/h1-6,12,16H,7-11,13-14H2,(H,25,29). The van der Waals surface area contributed by atoms with E-state index in [-0.39, 0.29) is 18.5 Å². The summed E-state index contributed by atoms with van der Waals surface area (Å²) < 4.78 is 28.2. The average molecular weight is 455 g/mol. The van der Waals surface area contributed by atoms with Gasteiger partial charge in [-0.05, 0) is 54.7 Å². The van der Waals surface area contributed by atoms with Crippen molar-refractivity contribution in [1.29, 1.82) is 0 Å². The molecule has 0 saturated carbocycles. The smallest absolute Gasteiger partial charge is 0.251 e. The van der Waals surface area contributed by atoms with E-state index in [0.717, 1.165) is 42.5 Å². The molecule has 3 heterocycles. The monoisotopic (exact) mass is 454 g/mol. The number of aromatic nitrogens is 2. The van der Waals surface area contributed by atoms with Gasteiger partial charge in [-0.2, -0.15) is 4.37 Å².